The standard InChI is InChI=1S/C18H18N2O2/c1-12-7-8-15-14(9-12)13(11-19-15)10-18(21)20-16-5-3-4-6-17(16)22-2/h3-9,11,19H,10H2,1-2H3,(H,20,21). The van der Waals surface area contributed by atoms with E-state index in [9.17, 15) is 4.79 Å². The van der Waals surface area contributed by atoms with Crippen LogP contribution < -0.4 is 10.1 Å². The zero-order valence-electron chi connectivity index (χ0n) is 12.6. The molecule has 2 aromatic carbocycles. The average molecular weight is 294 g/mol. The van der Waals surface area contributed by atoms with Gasteiger partial charge in [-0.05, 0) is 36.8 Å². The van der Waals surface area contributed by atoms with Crippen LogP contribution in [0.3, 0.4) is 0 Å². The Morgan fingerprint density at radius 1 is 1.23 bits per heavy atom. The first-order valence-electron chi connectivity index (χ1n) is 7.17. The molecular weight excluding hydrogens is 276 g/mol. The molecule has 0 fully saturated rings. The molecule has 0 saturated carbocycles. The van der Waals surface area contributed by atoms with E-state index in [1.165, 1.54) is 5.56 Å². The number of para-hydroxylation sites is 2. The average Bonchev–Trinajstić information content (AvgIpc) is 2.90. The number of aryl methyl sites for hydroxylation is 1. The van der Waals surface area contributed by atoms with Crippen LogP contribution in [0.2, 0.25) is 0 Å². The van der Waals surface area contributed by atoms with Crippen molar-refractivity contribution >= 4 is 22.5 Å². The summed E-state index contributed by atoms with van der Waals surface area (Å²) in [6, 6.07) is 13.6. The van der Waals surface area contributed by atoms with E-state index >= 15 is 0 Å². The van der Waals surface area contributed by atoms with E-state index in [2.05, 4.69) is 22.4 Å². The SMILES string of the molecule is COc1ccccc1NC(=O)Cc1c[nH]c2ccc(C)cc12. The fourth-order valence-corrected chi connectivity index (χ4v) is 2.55. The maximum Gasteiger partial charge on any atom is 0.228 e. The quantitative estimate of drug-likeness (QED) is 0.771. The molecule has 0 saturated heterocycles. The molecule has 1 heterocycles. The number of ether oxygens (including phenoxy) is 1. The van der Waals surface area contributed by atoms with E-state index in [4.69, 9.17) is 4.74 Å². The zero-order valence-corrected chi connectivity index (χ0v) is 12.6. The second kappa shape index (κ2) is 5.93. The third kappa shape index (κ3) is 2.81. The summed E-state index contributed by atoms with van der Waals surface area (Å²) in [5.41, 5.74) is 3.90. The predicted molar refractivity (Wildman–Crippen MR) is 88.4 cm³/mol. The summed E-state index contributed by atoms with van der Waals surface area (Å²) in [7, 11) is 1.59. The molecule has 2 N–H and O–H groups in total. The maximum absolute atomic E-state index is 12.3. The van der Waals surface area contributed by atoms with Crippen molar-refractivity contribution in [2.45, 2.75) is 13.3 Å². The van der Waals surface area contributed by atoms with Gasteiger partial charge < -0.3 is 15.0 Å². The first-order chi connectivity index (χ1) is 10.7. The minimum absolute atomic E-state index is 0.0630. The van der Waals surface area contributed by atoms with E-state index < -0.39 is 0 Å². The number of H-pyrrole nitrogens is 1. The topological polar surface area (TPSA) is 54.1 Å². The van der Waals surface area contributed by atoms with Crippen molar-refractivity contribution in [1.29, 1.82) is 0 Å². The highest BCUT2D eigenvalue weighted by Crippen LogP contribution is 2.24. The van der Waals surface area contributed by atoms with E-state index in [0.717, 1.165) is 16.5 Å². The van der Waals surface area contributed by atoms with Crippen LogP contribution in [0.1, 0.15) is 11.1 Å². The first-order valence-corrected chi connectivity index (χ1v) is 7.17. The first kappa shape index (κ1) is 14.2. The van der Waals surface area contributed by atoms with Crippen LogP contribution in [0, 0.1) is 6.92 Å². The second-order valence-corrected chi connectivity index (χ2v) is 5.29. The highest BCUT2D eigenvalue weighted by atomic mass is 16.5. The number of amides is 1. The number of hydrogen-bond donors (Lipinski definition) is 2. The van der Waals surface area contributed by atoms with Gasteiger partial charge in [0.25, 0.3) is 0 Å². The molecule has 1 amide bonds. The monoisotopic (exact) mass is 294 g/mol. The molecule has 1 aromatic heterocycles. The fraction of sp³-hybridized carbons (Fsp3) is 0.167. The van der Waals surface area contributed by atoms with Crippen molar-refractivity contribution in [2.24, 2.45) is 0 Å². The Labute approximate surface area is 129 Å². The summed E-state index contributed by atoms with van der Waals surface area (Å²) in [5.74, 6) is 0.595. The van der Waals surface area contributed by atoms with Gasteiger partial charge in [0.05, 0.1) is 19.2 Å². The van der Waals surface area contributed by atoms with E-state index in [0.29, 0.717) is 17.9 Å². The minimum atomic E-state index is -0.0630. The molecule has 3 rings (SSSR count). The van der Waals surface area contributed by atoms with Crippen LogP contribution in [0.4, 0.5) is 5.69 Å². The van der Waals surface area contributed by atoms with Gasteiger partial charge in [0.15, 0.2) is 0 Å². The zero-order chi connectivity index (χ0) is 15.5. The Balaban J connectivity index is 1.80. The molecule has 0 unspecified atom stereocenters. The summed E-state index contributed by atoms with van der Waals surface area (Å²) < 4.78 is 5.25. The number of nitrogens with one attached hydrogen (secondary N) is 2. The van der Waals surface area contributed by atoms with Crippen LogP contribution >= 0.6 is 0 Å². The molecular formula is C18H18N2O2. The van der Waals surface area contributed by atoms with E-state index in [1.54, 1.807) is 7.11 Å². The lowest BCUT2D eigenvalue weighted by Crippen LogP contribution is -2.14. The van der Waals surface area contributed by atoms with Gasteiger partial charge in [-0.2, -0.15) is 0 Å². The van der Waals surface area contributed by atoms with Gasteiger partial charge in [0, 0.05) is 17.1 Å². The molecule has 4 nitrogen and oxygen atoms in total. The largest absolute Gasteiger partial charge is 0.495 e. The van der Waals surface area contributed by atoms with Crippen molar-refractivity contribution in [3.05, 3.63) is 59.8 Å². The fourth-order valence-electron chi connectivity index (χ4n) is 2.55. The van der Waals surface area contributed by atoms with Crippen molar-refractivity contribution in [3.8, 4) is 5.75 Å². The van der Waals surface area contributed by atoms with Gasteiger partial charge in [-0.15, -0.1) is 0 Å². The lowest BCUT2D eigenvalue weighted by Gasteiger charge is -2.09. The number of aromatic amines is 1. The molecule has 0 spiro atoms. The summed E-state index contributed by atoms with van der Waals surface area (Å²) in [6.07, 6.45) is 2.22. The smallest absolute Gasteiger partial charge is 0.228 e. The normalized spacial score (nSPS) is 10.6. The van der Waals surface area contributed by atoms with Gasteiger partial charge in [-0.1, -0.05) is 23.8 Å². The van der Waals surface area contributed by atoms with Gasteiger partial charge in [0.2, 0.25) is 5.91 Å². The molecule has 0 bridgehead atoms. The molecule has 22 heavy (non-hydrogen) atoms. The van der Waals surface area contributed by atoms with Gasteiger partial charge in [-0.25, -0.2) is 0 Å². The number of rotatable bonds is 4. The minimum Gasteiger partial charge on any atom is -0.495 e. The second-order valence-electron chi connectivity index (χ2n) is 5.29. The van der Waals surface area contributed by atoms with E-state index in [1.807, 2.05) is 43.5 Å². The third-order valence-electron chi connectivity index (χ3n) is 3.65. The number of carbonyl (C=O) groups is 1. The van der Waals surface area contributed by atoms with Crippen LogP contribution in [0.25, 0.3) is 10.9 Å². The lowest BCUT2D eigenvalue weighted by atomic mass is 10.1. The Hall–Kier alpha value is -2.75. The van der Waals surface area contributed by atoms with Gasteiger partial charge >= 0.3 is 0 Å². The Bertz CT molecular complexity index is 821. The third-order valence-corrected chi connectivity index (χ3v) is 3.65. The summed E-state index contributed by atoms with van der Waals surface area (Å²) in [4.78, 5) is 15.5. The number of fused-ring (bicyclic) bond motifs is 1. The molecule has 4 heteroatoms. The van der Waals surface area contributed by atoms with Gasteiger partial charge in [0.1, 0.15) is 5.75 Å². The molecule has 0 aliphatic carbocycles. The number of aromatic nitrogens is 1. The summed E-state index contributed by atoms with van der Waals surface area (Å²) >= 11 is 0. The predicted octanol–water partition coefficient (Wildman–Crippen LogP) is 3.67. The van der Waals surface area contributed by atoms with Crippen LogP contribution in [0.15, 0.2) is 48.7 Å². The van der Waals surface area contributed by atoms with Crippen molar-refractivity contribution in [1.82, 2.24) is 4.98 Å². The Morgan fingerprint density at radius 2 is 2.05 bits per heavy atom. The van der Waals surface area contributed by atoms with E-state index in [-0.39, 0.29) is 5.91 Å². The highest BCUT2D eigenvalue weighted by Gasteiger charge is 2.11. The van der Waals surface area contributed by atoms with Crippen LogP contribution in [-0.4, -0.2) is 18.0 Å². The maximum atomic E-state index is 12.3. The Kier molecular flexibility index (Phi) is 3.83. The van der Waals surface area contributed by atoms with Crippen LogP contribution in [-0.2, 0) is 11.2 Å². The molecule has 0 radical (unpaired) electrons. The molecule has 0 aliphatic rings. The van der Waals surface area contributed by atoms with Crippen molar-refractivity contribution in [2.75, 3.05) is 12.4 Å². The Morgan fingerprint density at radius 3 is 2.86 bits per heavy atom. The molecule has 0 atom stereocenters. The lowest BCUT2D eigenvalue weighted by molar-refractivity contribution is -0.115. The summed E-state index contributed by atoms with van der Waals surface area (Å²) in [6.45, 7) is 2.05. The van der Waals surface area contributed by atoms with Crippen molar-refractivity contribution < 1.29 is 9.53 Å². The number of carbonyl (C=O) groups excluding carboxylic acids is 1. The highest BCUT2D eigenvalue weighted by molar-refractivity contribution is 5.96. The van der Waals surface area contributed by atoms with Crippen LogP contribution in [0.5, 0.6) is 5.75 Å². The summed E-state index contributed by atoms with van der Waals surface area (Å²) in [5, 5.41) is 3.99. The van der Waals surface area contributed by atoms with Gasteiger partial charge in [-0.3, -0.25) is 4.79 Å². The number of anilines is 1. The number of methoxy groups -OCH3 is 1. The molecule has 3 aromatic rings. The number of benzene rings is 2. The van der Waals surface area contributed by atoms with Crippen molar-refractivity contribution in [3.63, 3.8) is 0 Å². The molecule has 112 valence electrons. The number of hydrogen-bond acceptors (Lipinski definition) is 2. The molecule has 0 aliphatic heterocycles.